The van der Waals surface area contributed by atoms with Gasteiger partial charge >= 0.3 is 0 Å². The maximum atomic E-state index is 12.1. The van der Waals surface area contributed by atoms with Gasteiger partial charge in [-0.15, -0.1) is 0 Å². The van der Waals surface area contributed by atoms with Crippen LogP contribution in [0.2, 0.25) is 0 Å². The number of aromatic amines is 1. The van der Waals surface area contributed by atoms with Crippen LogP contribution < -0.4 is 5.43 Å². The summed E-state index contributed by atoms with van der Waals surface area (Å²) in [6.45, 7) is 3.87. The Morgan fingerprint density at radius 2 is 2.08 bits per heavy atom. The molecule has 3 aromatic rings. The Labute approximate surface area is 139 Å². The van der Waals surface area contributed by atoms with E-state index in [-0.39, 0.29) is 5.91 Å². The Balaban J connectivity index is 1.70. The topological polar surface area (TPSA) is 83.3 Å². The van der Waals surface area contributed by atoms with E-state index in [1.807, 2.05) is 12.1 Å². The van der Waals surface area contributed by atoms with Gasteiger partial charge in [-0.2, -0.15) is 10.2 Å². The van der Waals surface area contributed by atoms with Gasteiger partial charge in [0.1, 0.15) is 17.2 Å². The highest BCUT2D eigenvalue weighted by Gasteiger charge is 2.11. The third kappa shape index (κ3) is 3.43. The summed E-state index contributed by atoms with van der Waals surface area (Å²) in [6, 6.07) is 13.3. The molecule has 6 nitrogen and oxygen atoms in total. The largest absolute Gasteiger partial charge is 0.463 e. The van der Waals surface area contributed by atoms with Crippen LogP contribution in [0.25, 0.3) is 11.3 Å². The number of rotatable bonds is 5. The summed E-state index contributed by atoms with van der Waals surface area (Å²) >= 11 is 0. The van der Waals surface area contributed by atoms with Gasteiger partial charge < -0.3 is 4.42 Å². The Kier molecular flexibility index (Phi) is 4.56. The molecule has 0 aliphatic carbocycles. The van der Waals surface area contributed by atoms with E-state index < -0.39 is 0 Å². The number of H-pyrrole nitrogens is 1. The van der Waals surface area contributed by atoms with Gasteiger partial charge in [0.25, 0.3) is 5.91 Å². The smallest absolute Gasteiger partial charge is 0.289 e. The molecule has 0 aliphatic rings. The van der Waals surface area contributed by atoms with Crippen LogP contribution >= 0.6 is 0 Å². The van der Waals surface area contributed by atoms with E-state index in [2.05, 4.69) is 39.8 Å². The maximum absolute atomic E-state index is 12.1. The molecule has 0 unspecified atom stereocenters. The SMILES string of the molecule is CCc1ccc(-c2cc(C(=O)N/N=C(/C)c3ccco3)[nH]n2)cc1. The molecule has 0 bridgehead atoms. The fourth-order valence-corrected chi connectivity index (χ4v) is 2.23. The van der Waals surface area contributed by atoms with E-state index in [0.717, 1.165) is 17.7 Å². The van der Waals surface area contributed by atoms with Crippen molar-refractivity contribution in [1.29, 1.82) is 0 Å². The van der Waals surface area contributed by atoms with Crippen molar-refractivity contribution in [2.24, 2.45) is 5.10 Å². The minimum atomic E-state index is -0.357. The number of hydrogen-bond acceptors (Lipinski definition) is 4. The second-order valence-corrected chi connectivity index (χ2v) is 5.33. The van der Waals surface area contributed by atoms with E-state index in [9.17, 15) is 4.79 Å². The third-order valence-corrected chi connectivity index (χ3v) is 3.68. The standard InChI is InChI=1S/C18H18N4O2/c1-3-13-6-8-14(9-7-13)15-11-16(21-20-15)18(23)22-19-12(2)17-5-4-10-24-17/h4-11H,3H2,1-2H3,(H,20,21)(H,22,23)/b19-12-. The van der Waals surface area contributed by atoms with Gasteiger partial charge in [0, 0.05) is 5.56 Å². The van der Waals surface area contributed by atoms with E-state index >= 15 is 0 Å². The molecule has 0 atom stereocenters. The van der Waals surface area contributed by atoms with Crippen LogP contribution in [0.5, 0.6) is 0 Å². The van der Waals surface area contributed by atoms with Gasteiger partial charge in [-0.25, -0.2) is 5.43 Å². The van der Waals surface area contributed by atoms with Gasteiger partial charge in [-0.05, 0) is 37.1 Å². The van der Waals surface area contributed by atoms with Crippen molar-refractivity contribution in [2.75, 3.05) is 0 Å². The zero-order valence-corrected chi connectivity index (χ0v) is 13.5. The molecule has 0 saturated carbocycles. The first-order valence-electron chi connectivity index (χ1n) is 7.70. The lowest BCUT2D eigenvalue weighted by Gasteiger charge is -1.99. The van der Waals surface area contributed by atoms with E-state index in [4.69, 9.17) is 4.42 Å². The molecule has 0 saturated heterocycles. The summed E-state index contributed by atoms with van der Waals surface area (Å²) in [5, 5.41) is 10.9. The van der Waals surface area contributed by atoms with Crippen molar-refractivity contribution in [2.45, 2.75) is 20.3 Å². The average Bonchev–Trinajstić information content (AvgIpc) is 3.31. The molecule has 1 amide bonds. The minimum Gasteiger partial charge on any atom is -0.463 e. The van der Waals surface area contributed by atoms with Crippen LogP contribution in [0.15, 0.2) is 58.2 Å². The molecule has 24 heavy (non-hydrogen) atoms. The highest BCUT2D eigenvalue weighted by atomic mass is 16.3. The number of benzene rings is 1. The van der Waals surface area contributed by atoms with Crippen LogP contribution in [-0.2, 0) is 6.42 Å². The number of nitrogens with one attached hydrogen (secondary N) is 2. The summed E-state index contributed by atoms with van der Waals surface area (Å²) in [5.74, 6) is 0.251. The summed E-state index contributed by atoms with van der Waals surface area (Å²) in [6.07, 6.45) is 2.54. The minimum absolute atomic E-state index is 0.348. The number of carbonyl (C=O) groups is 1. The van der Waals surface area contributed by atoms with Crippen molar-refractivity contribution < 1.29 is 9.21 Å². The number of aryl methyl sites for hydroxylation is 1. The van der Waals surface area contributed by atoms with Crippen molar-refractivity contribution in [3.8, 4) is 11.3 Å². The van der Waals surface area contributed by atoms with Crippen molar-refractivity contribution in [3.63, 3.8) is 0 Å². The number of amides is 1. The zero-order chi connectivity index (χ0) is 16.9. The monoisotopic (exact) mass is 322 g/mol. The maximum Gasteiger partial charge on any atom is 0.289 e. The average molecular weight is 322 g/mol. The fourth-order valence-electron chi connectivity index (χ4n) is 2.23. The molecule has 2 N–H and O–H groups in total. The first-order chi connectivity index (χ1) is 11.7. The zero-order valence-electron chi connectivity index (χ0n) is 13.5. The van der Waals surface area contributed by atoms with Crippen molar-refractivity contribution in [1.82, 2.24) is 15.6 Å². The number of aromatic nitrogens is 2. The number of hydrazone groups is 1. The molecular formula is C18H18N4O2. The molecule has 0 aliphatic heterocycles. The second-order valence-electron chi connectivity index (χ2n) is 5.33. The van der Waals surface area contributed by atoms with E-state index in [0.29, 0.717) is 17.2 Å². The van der Waals surface area contributed by atoms with Crippen LogP contribution in [0.3, 0.4) is 0 Å². The number of hydrogen-bond donors (Lipinski definition) is 2. The van der Waals surface area contributed by atoms with Gasteiger partial charge in [0.05, 0.1) is 12.0 Å². The molecule has 0 fully saturated rings. The second kappa shape index (κ2) is 6.95. The number of furan rings is 1. The molecule has 2 aromatic heterocycles. The summed E-state index contributed by atoms with van der Waals surface area (Å²) in [7, 11) is 0. The molecule has 6 heteroatoms. The van der Waals surface area contributed by atoms with Crippen LogP contribution in [0, 0.1) is 0 Å². The third-order valence-electron chi connectivity index (χ3n) is 3.68. The van der Waals surface area contributed by atoms with Crippen LogP contribution in [-0.4, -0.2) is 21.8 Å². The number of carbonyl (C=O) groups excluding carboxylic acids is 1. The predicted octanol–water partition coefficient (Wildman–Crippen LogP) is 3.39. The molecule has 122 valence electrons. The van der Waals surface area contributed by atoms with Gasteiger partial charge in [-0.3, -0.25) is 9.89 Å². The van der Waals surface area contributed by atoms with Gasteiger partial charge in [0.15, 0.2) is 0 Å². The summed E-state index contributed by atoms with van der Waals surface area (Å²) in [5.41, 5.74) is 6.35. The van der Waals surface area contributed by atoms with Crippen molar-refractivity contribution in [3.05, 3.63) is 65.7 Å². The lowest BCUT2D eigenvalue weighted by molar-refractivity contribution is 0.0950. The molecular weight excluding hydrogens is 304 g/mol. The Hall–Kier alpha value is -3.15. The van der Waals surface area contributed by atoms with Gasteiger partial charge in [-0.1, -0.05) is 31.2 Å². The Morgan fingerprint density at radius 3 is 2.75 bits per heavy atom. The van der Waals surface area contributed by atoms with E-state index in [1.165, 1.54) is 5.56 Å². The van der Waals surface area contributed by atoms with Crippen molar-refractivity contribution >= 4 is 11.6 Å². The Morgan fingerprint density at radius 1 is 1.29 bits per heavy atom. The van der Waals surface area contributed by atoms with Gasteiger partial charge in [0.2, 0.25) is 0 Å². The van der Waals surface area contributed by atoms with Crippen LogP contribution in [0.1, 0.15) is 35.7 Å². The lowest BCUT2D eigenvalue weighted by Crippen LogP contribution is -2.19. The first-order valence-corrected chi connectivity index (χ1v) is 7.70. The summed E-state index contributed by atoms with van der Waals surface area (Å²) in [4.78, 5) is 12.1. The highest BCUT2D eigenvalue weighted by Crippen LogP contribution is 2.18. The predicted molar refractivity (Wildman–Crippen MR) is 91.8 cm³/mol. The first kappa shape index (κ1) is 15.7. The number of nitrogens with zero attached hydrogens (tertiary/aromatic N) is 2. The van der Waals surface area contributed by atoms with Crippen LogP contribution in [0.4, 0.5) is 0 Å². The lowest BCUT2D eigenvalue weighted by atomic mass is 10.1. The van der Waals surface area contributed by atoms with E-state index in [1.54, 1.807) is 31.4 Å². The summed E-state index contributed by atoms with van der Waals surface area (Å²) < 4.78 is 5.21. The molecule has 0 radical (unpaired) electrons. The fraction of sp³-hybridized carbons (Fsp3) is 0.167. The normalized spacial score (nSPS) is 11.5. The highest BCUT2D eigenvalue weighted by molar-refractivity contribution is 5.98. The molecule has 2 heterocycles. The molecule has 0 spiro atoms. The Bertz CT molecular complexity index is 846. The molecule has 3 rings (SSSR count). The quantitative estimate of drug-likeness (QED) is 0.558. The molecule has 1 aromatic carbocycles.